The average Bonchev–Trinajstić information content (AvgIpc) is 2.89. The van der Waals surface area contributed by atoms with Gasteiger partial charge in [-0.1, -0.05) is 67.0 Å². The Labute approximate surface area is 253 Å². The summed E-state index contributed by atoms with van der Waals surface area (Å²) >= 11 is 0. The maximum Gasteiger partial charge on any atom is 0.306 e. The molecule has 5 rings (SSSR count). The number of ether oxygens (including phenoxy) is 1. The molecule has 4 saturated carbocycles. The van der Waals surface area contributed by atoms with Crippen LogP contribution in [0.1, 0.15) is 107 Å². The van der Waals surface area contributed by atoms with E-state index in [1.165, 1.54) is 5.57 Å². The number of fused-ring (bicyclic) bond motifs is 7. The molecule has 0 amide bonds. The Morgan fingerprint density at radius 2 is 1.60 bits per heavy atom. The van der Waals surface area contributed by atoms with Crippen LogP contribution in [0, 0.1) is 56.2 Å². The van der Waals surface area contributed by atoms with Gasteiger partial charge in [-0.15, -0.1) is 0 Å². The Morgan fingerprint density at radius 3 is 2.19 bits per heavy atom. The van der Waals surface area contributed by atoms with E-state index < -0.39 is 40.7 Å². The monoisotopic (exact) mass is 590 g/mol. The predicted octanol–water partition coefficient (Wildman–Crippen LogP) is 4.62. The van der Waals surface area contributed by atoms with Crippen molar-refractivity contribution in [3.8, 4) is 0 Å². The molecule has 0 bridgehead atoms. The average molecular weight is 591 g/mol. The van der Waals surface area contributed by atoms with Crippen LogP contribution in [0.4, 0.5) is 0 Å². The highest BCUT2D eigenvalue weighted by Gasteiger charge is 2.72. The van der Waals surface area contributed by atoms with Crippen LogP contribution in [-0.4, -0.2) is 69.1 Å². The van der Waals surface area contributed by atoms with Gasteiger partial charge in [0.25, 0.3) is 0 Å². The van der Waals surface area contributed by atoms with Gasteiger partial charge in [-0.05, 0) is 84.9 Å². The molecule has 0 aromatic heterocycles. The van der Waals surface area contributed by atoms with Crippen LogP contribution < -0.4 is 0 Å². The number of hydrogen-bond acceptors (Lipinski definition) is 7. The van der Waals surface area contributed by atoms with Crippen LogP contribution in [-0.2, 0) is 9.53 Å². The van der Waals surface area contributed by atoms with Crippen molar-refractivity contribution < 1.29 is 35.1 Å². The summed E-state index contributed by atoms with van der Waals surface area (Å²) in [7, 11) is 0. The van der Waals surface area contributed by atoms with Crippen molar-refractivity contribution in [2.24, 2.45) is 56.2 Å². The Kier molecular flexibility index (Phi) is 7.92. The van der Waals surface area contributed by atoms with Crippen molar-refractivity contribution in [2.45, 2.75) is 131 Å². The molecule has 0 heterocycles. The molecule has 240 valence electrons. The van der Waals surface area contributed by atoms with Crippen molar-refractivity contribution in [1.82, 2.24) is 0 Å². The number of aliphatic hydroxyl groups is 5. The third kappa shape index (κ3) is 4.12. The summed E-state index contributed by atoms with van der Waals surface area (Å²) in [5, 5.41) is 56.6. The van der Waals surface area contributed by atoms with Crippen molar-refractivity contribution in [3.05, 3.63) is 11.6 Å². The second kappa shape index (κ2) is 10.3. The van der Waals surface area contributed by atoms with Gasteiger partial charge >= 0.3 is 5.97 Å². The molecule has 4 fully saturated rings. The van der Waals surface area contributed by atoms with E-state index in [1.807, 2.05) is 27.7 Å². The molecule has 5 N–H and O–H groups in total. The molecule has 7 nitrogen and oxygen atoms in total. The SMILES string of the molecule is CC(C)CC(=O)O[C@H]1[C@H](O)[C@]2(CO)[C@H](O)C[C@]3(C)C(=CC[C@@H]4[C@@]5(C)CC[C@H](O)[C@@](C)(CO)[C@@H]5CC[C@]43C)[C@@H]2CC1(C)C. The fraction of sp³-hybridized carbons (Fsp3) is 0.914. The molecule has 0 radical (unpaired) electrons. The van der Waals surface area contributed by atoms with E-state index in [2.05, 4.69) is 33.8 Å². The number of aliphatic hydroxyl groups excluding tert-OH is 5. The van der Waals surface area contributed by atoms with E-state index in [-0.39, 0.29) is 59.6 Å². The van der Waals surface area contributed by atoms with Crippen molar-refractivity contribution >= 4 is 5.97 Å². The molecule has 5 aliphatic carbocycles. The molecule has 0 aromatic carbocycles. The number of carbonyl (C=O) groups excluding carboxylic acids is 1. The van der Waals surface area contributed by atoms with Crippen LogP contribution in [0.3, 0.4) is 0 Å². The lowest BCUT2D eigenvalue weighted by Gasteiger charge is -2.72. The van der Waals surface area contributed by atoms with Crippen LogP contribution in [0.5, 0.6) is 0 Å². The van der Waals surface area contributed by atoms with Gasteiger partial charge in [0, 0.05) is 17.3 Å². The minimum absolute atomic E-state index is 0.0219. The lowest BCUT2D eigenvalue weighted by Crippen LogP contribution is -2.72. The van der Waals surface area contributed by atoms with Crippen LogP contribution >= 0.6 is 0 Å². The number of allylic oxidation sites excluding steroid dienone is 2. The summed E-state index contributed by atoms with van der Waals surface area (Å²) in [5.74, 6) is 0.0460. The smallest absolute Gasteiger partial charge is 0.306 e. The maximum atomic E-state index is 12.8. The highest BCUT2D eigenvalue weighted by molar-refractivity contribution is 5.70. The van der Waals surface area contributed by atoms with Gasteiger partial charge < -0.3 is 30.3 Å². The summed E-state index contributed by atoms with van der Waals surface area (Å²) in [6, 6.07) is 0. The van der Waals surface area contributed by atoms with Gasteiger partial charge in [0.15, 0.2) is 0 Å². The summed E-state index contributed by atoms with van der Waals surface area (Å²) in [5.41, 5.74) is -1.61. The number of rotatable bonds is 5. The largest absolute Gasteiger partial charge is 0.459 e. The maximum absolute atomic E-state index is 12.8. The fourth-order valence-electron chi connectivity index (χ4n) is 11.7. The molecule has 42 heavy (non-hydrogen) atoms. The first-order chi connectivity index (χ1) is 19.4. The quantitative estimate of drug-likeness (QED) is 0.234. The standard InChI is InChI=1S/C35H58O7/c1-20(2)15-27(40)42-29-28(41)35(19-37)22(16-30(29,3)4)21-9-10-24-31(5)13-12-25(38)32(6,18-36)23(31)11-14-33(24,7)34(21,8)17-26(35)39/h9,20,22-26,28-29,36-39,41H,10-19H2,1-8H3/t22-,23+,24+,25-,26+,28-,29-,31-,32-,33+,34+,35-/m0/s1. The van der Waals surface area contributed by atoms with E-state index in [4.69, 9.17) is 4.74 Å². The Bertz CT molecular complexity index is 1100. The van der Waals surface area contributed by atoms with Gasteiger partial charge in [-0.3, -0.25) is 4.79 Å². The van der Waals surface area contributed by atoms with Crippen LogP contribution in [0.15, 0.2) is 11.6 Å². The third-order valence-electron chi connectivity index (χ3n) is 14.3. The third-order valence-corrected chi connectivity index (χ3v) is 14.3. The molecule has 0 aromatic rings. The van der Waals surface area contributed by atoms with Gasteiger partial charge in [-0.25, -0.2) is 0 Å². The molecule has 0 aliphatic heterocycles. The highest BCUT2D eigenvalue weighted by atomic mass is 16.6. The zero-order chi connectivity index (χ0) is 31.3. The Morgan fingerprint density at radius 1 is 0.929 bits per heavy atom. The Hall–Kier alpha value is -0.990. The zero-order valence-electron chi connectivity index (χ0n) is 27.3. The second-order valence-corrected chi connectivity index (χ2v) is 17.2. The normalized spacial score (nSPS) is 51.5. The van der Waals surface area contributed by atoms with Crippen molar-refractivity contribution in [1.29, 1.82) is 0 Å². The number of hydrogen-bond donors (Lipinski definition) is 5. The summed E-state index contributed by atoms with van der Waals surface area (Å²) in [6.07, 6.45) is 4.45. The zero-order valence-corrected chi connectivity index (χ0v) is 27.3. The van der Waals surface area contributed by atoms with Crippen molar-refractivity contribution in [3.63, 3.8) is 0 Å². The molecule has 0 unspecified atom stereocenters. The van der Waals surface area contributed by atoms with Crippen molar-refractivity contribution in [2.75, 3.05) is 13.2 Å². The Balaban J connectivity index is 1.56. The first kappa shape index (κ1) is 32.4. The molecular weight excluding hydrogens is 532 g/mol. The molecule has 5 aliphatic rings. The minimum atomic E-state index is -1.21. The predicted molar refractivity (Wildman–Crippen MR) is 161 cm³/mol. The van der Waals surface area contributed by atoms with E-state index in [0.29, 0.717) is 25.2 Å². The summed E-state index contributed by atoms with van der Waals surface area (Å²) in [6.45, 7) is 16.7. The summed E-state index contributed by atoms with van der Waals surface area (Å²) < 4.78 is 5.96. The second-order valence-electron chi connectivity index (χ2n) is 17.2. The molecule has 12 atom stereocenters. The van der Waals surface area contributed by atoms with E-state index in [9.17, 15) is 30.3 Å². The fourth-order valence-corrected chi connectivity index (χ4v) is 11.7. The first-order valence-corrected chi connectivity index (χ1v) is 16.5. The lowest BCUT2D eigenvalue weighted by molar-refractivity contribution is -0.263. The minimum Gasteiger partial charge on any atom is -0.459 e. The van der Waals surface area contributed by atoms with Crippen LogP contribution in [0.25, 0.3) is 0 Å². The topological polar surface area (TPSA) is 127 Å². The van der Waals surface area contributed by atoms with Gasteiger partial charge in [0.05, 0.1) is 30.8 Å². The molecule has 7 heteroatoms. The van der Waals surface area contributed by atoms with Gasteiger partial charge in [0.2, 0.25) is 0 Å². The van der Waals surface area contributed by atoms with Gasteiger partial charge in [-0.2, -0.15) is 0 Å². The van der Waals surface area contributed by atoms with E-state index in [1.54, 1.807) is 0 Å². The molecule has 0 saturated heterocycles. The highest BCUT2D eigenvalue weighted by Crippen LogP contribution is 2.75. The summed E-state index contributed by atoms with van der Waals surface area (Å²) in [4.78, 5) is 12.8. The number of carbonyl (C=O) groups is 1. The lowest BCUT2D eigenvalue weighted by atomic mass is 9.33. The van der Waals surface area contributed by atoms with Gasteiger partial charge in [0.1, 0.15) is 12.2 Å². The first-order valence-electron chi connectivity index (χ1n) is 16.5. The van der Waals surface area contributed by atoms with Crippen LogP contribution in [0.2, 0.25) is 0 Å². The number of esters is 1. The van der Waals surface area contributed by atoms with E-state index in [0.717, 1.165) is 25.7 Å². The van der Waals surface area contributed by atoms with E-state index >= 15 is 0 Å². The molecule has 0 spiro atoms. The molecular formula is C35H58O7.